The van der Waals surface area contributed by atoms with E-state index in [1.54, 1.807) is 32.5 Å². The van der Waals surface area contributed by atoms with Gasteiger partial charge >= 0.3 is 13.1 Å². The molecule has 0 aliphatic carbocycles. The molecule has 1 spiro atoms. The van der Waals surface area contributed by atoms with Crippen LogP contribution in [-0.2, 0) is 4.74 Å². The zero-order valence-electron chi connectivity index (χ0n) is 12.7. The van der Waals surface area contributed by atoms with Crippen molar-refractivity contribution in [3.05, 3.63) is 0 Å². The Bertz CT molecular complexity index is 405. The largest absolute Gasteiger partial charge is 0.483 e. The van der Waals surface area contributed by atoms with Crippen LogP contribution in [0, 0.1) is 5.41 Å². The summed E-state index contributed by atoms with van der Waals surface area (Å²) in [7, 11) is 0. The SMILES string of the molecule is CC(C)(C)OC(=O)N1CC([B-](F)(F)F)C2(CCSCC2)C1. The van der Waals surface area contributed by atoms with Crippen LogP contribution in [0.5, 0.6) is 0 Å². The van der Waals surface area contributed by atoms with Crippen molar-refractivity contribution in [1.82, 2.24) is 4.90 Å². The summed E-state index contributed by atoms with van der Waals surface area (Å²) < 4.78 is 45.6. The van der Waals surface area contributed by atoms with Gasteiger partial charge in [-0.15, -0.1) is 0 Å². The fourth-order valence-corrected chi connectivity index (χ4v) is 4.59. The zero-order valence-corrected chi connectivity index (χ0v) is 13.5. The molecule has 0 aromatic heterocycles. The van der Waals surface area contributed by atoms with Gasteiger partial charge in [-0.1, -0.05) is 0 Å². The van der Waals surface area contributed by atoms with Crippen LogP contribution in [0.3, 0.4) is 0 Å². The number of nitrogens with zero attached hydrogens (tertiary/aromatic N) is 1. The molecule has 2 aliphatic heterocycles. The first kappa shape index (κ1) is 16.8. The number of hydrogen-bond donors (Lipinski definition) is 0. The van der Waals surface area contributed by atoms with E-state index in [1.807, 2.05) is 0 Å². The van der Waals surface area contributed by atoms with E-state index in [0.29, 0.717) is 12.8 Å². The Morgan fingerprint density at radius 3 is 2.33 bits per heavy atom. The van der Waals surface area contributed by atoms with Gasteiger partial charge in [-0.25, -0.2) is 4.79 Å². The fourth-order valence-electron chi connectivity index (χ4n) is 3.29. The third-order valence-corrected chi connectivity index (χ3v) is 5.29. The lowest BCUT2D eigenvalue weighted by atomic mass is 9.57. The van der Waals surface area contributed by atoms with Gasteiger partial charge in [0.1, 0.15) is 5.60 Å². The second-order valence-electron chi connectivity index (χ2n) is 7.07. The van der Waals surface area contributed by atoms with Crippen molar-refractivity contribution in [1.29, 1.82) is 0 Å². The number of ether oxygens (including phenoxy) is 1. The Hall–Kier alpha value is -0.525. The maximum atomic E-state index is 13.4. The number of likely N-dealkylation sites (tertiary alicyclic amines) is 1. The predicted molar refractivity (Wildman–Crippen MR) is 79.6 cm³/mol. The smallest absolute Gasteiger partial charge is 0.449 e. The summed E-state index contributed by atoms with van der Waals surface area (Å²) in [5, 5.41) is 0. The van der Waals surface area contributed by atoms with Crippen LogP contribution in [-0.4, -0.2) is 48.2 Å². The van der Waals surface area contributed by atoms with Crippen LogP contribution in [0.25, 0.3) is 0 Å². The van der Waals surface area contributed by atoms with Gasteiger partial charge in [-0.3, -0.25) is 0 Å². The van der Waals surface area contributed by atoms with Crippen molar-refractivity contribution in [2.45, 2.75) is 45.0 Å². The van der Waals surface area contributed by atoms with Gasteiger partial charge in [-0.2, -0.15) is 11.8 Å². The molecule has 1 amide bonds. The van der Waals surface area contributed by atoms with E-state index in [0.717, 1.165) is 11.5 Å². The number of thioether (sulfide) groups is 1. The molecular weight excluding hydrogens is 302 g/mol. The van der Waals surface area contributed by atoms with Crippen molar-refractivity contribution < 1.29 is 22.5 Å². The van der Waals surface area contributed by atoms with Crippen LogP contribution >= 0.6 is 11.8 Å². The molecule has 2 heterocycles. The number of halogens is 3. The summed E-state index contributed by atoms with van der Waals surface area (Å²) in [5.41, 5.74) is -1.48. The molecule has 0 saturated carbocycles. The molecule has 1 unspecified atom stereocenters. The maximum Gasteiger partial charge on any atom is 0.483 e. The minimum atomic E-state index is -4.95. The first-order chi connectivity index (χ1) is 9.54. The van der Waals surface area contributed by atoms with Crippen molar-refractivity contribution in [2.24, 2.45) is 5.41 Å². The minimum absolute atomic E-state index is 0.175. The highest BCUT2D eigenvalue weighted by Crippen LogP contribution is 2.54. The second kappa shape index (κ2) is 5.59. The average Bonchev–Trinajstić information content (AvgIpc) is 2.67. The van der Waals surface area contributed by atoms with Crippen LogP contribution in [0.2, 0.25) is 5.82 Å². The van der Waals surface area contributed by atoms with Crippen LogP contribution < -0.4 is 0 Å². The van der Waals surface area contributed by atoms with E-state index in [2.05, 4.69) is 0 Å². The number of rotatable bonds is 1. The van der Waals surface area contributed by atoms with E-state index in [9.17, 15) is 17.7 Å². The lowest BCUT2D eigenvalue weighted by Crippen LogP contribution is -2.40. The molecule has 2 saturated heterocycles. The summed E-state index contributed by atoms with van der Waals surface area (Å²) in [6.07, 6.45) is 0.439. The Morgan fingerprint density at radius 1 is 1.29 bits per heavy atom. The van der Waals surface area contributed by atoms with Crippen LogP contribution in [0.15, 0.2) is 0 Å². The van der Waals surface area contributed by atoms with Gasteiger partial charge in [-0.05, 0) is 56.4 Å². The number of carbonyl (C=O) groups excluding carboxylic acids is 1. The first-order valence-electron chi connectivity index (χ1n) is 7.29. The molecule has 1 atom stereocenters. The highest BCUT2D eigenvalue weighted by Gasteiger charge is 2.55. The Morgan fingerprint density at radius 2 is 1.86 bits per heavy atom. The fraction of sp³-hybridized carbons (Fsp3) is 0.923. The molecule has 0 aromatic carbocycles. The normalized spacial score (nSPS) is 26.2. The predicted octanol–water partition coefficient (Wildman–Crippen LogP) is 3.97. The quantitative estimate of drug-likeness (QED) is 0.684. The van der Waals surface area contributed by atoms with Crippen LogP contribution in [0.4, 0.5) is 17.7 Å². The summed E-state index contributed by atoms with van der Waals surface area (Å²) in [4.78, 5) is 13.4. The van der Waals surface area contributed by atoms with Gasteiger partial charge in [0.2, 0.25) is 0 Å². The Kier molecular flexibility index (Phi) is 4.48. The first-order valence-corrected chi connectivity index (χ1v) is 8.45. The monoisotopic (exact) mass is 324 g/mol. The average molecular weight is 324 g/mol. The minimum Gasteiger partial charge on any atom is -0.449 e. The topological polar surface area (TPSA) is 29.5 Å². The molecule has 0 N–H and O–H groups in total. The lowest BCUT2D eigenvalue weighted by molar-refractivity contribution is 0.0270. The second-order valence-corrected chi connectivity index (χ2v) is 8.29. The molecule has 8 heteroatoms. The lowest BCUT2D eigenvalue weighted by Gasteiger charge is -2.42. The molecule has 2 aliphatic rings. The van der Waals surface area contributed by atoms with Gasteiger partial charge in [0.25, 0.3) is 0 Å². The number of amides is 1. The molecule has 0 radical (unpaired) electrons. The van der Waals surface area contributed by atoms with Crippen molar-refractivity contribution in [2.75, 3.05) is 24.6 Å². The summed E-state index contributed by atoms with van der Waals surface area (Å²) in [5.74, 6) is 0.112. The Labute approximate surface area is 128 Å². The van der Waals surface area contributed by atoms with Crippen molar-refractivity contribution in [3.63, 3.8) is 0 Å². The molecule has 122 valence electrons. The summed E-state index contributed by atoms with van der Waals surface area (Å²) >= 11 is 1.69. The maximum absolute atomic E-state index is 13.4. The van der Waals surface area contributed by atoms with E-state index in [1.165, 1.54) is 4.90 Å². The zero-order chi connectivity index (χ0) is 15.9. The molecule has 0 bridgehead atoms. The number of hydrogen-bond acceptors (Lipinski definition) is 3. The van der Waals surface area contributed by atoms with Crippen molar-refractivity contribution >= 4 is 24.8 Å². The van der Waals surface area contributed by atoms with Crippen molar-refractivity contribution in [3.8, 4) is 0 Å². The van der Waals surface area contributed by atoms with Gasteiger partial charge in [0.15, 0.2) is 0 Å². The third-order valence-electron chi connectivity index (χ3n) is 4.31. The summed E-state index contributed by atoms with van der Waals surface area (Å²) in [6, 6.07) is 0. The van der Waals surface area contributed by atoms with Gasteiger partial charge in [0, 0.05) is 13.1 Å². The third kappa shape index (κ3) is 3.82. The highest BCUT2D eigenvalue weighted by atomic mass is 32.2. The van der Waals surface area contributed by atoms with E-state index in [4.69, 9.17) is 4.74 Å². The Balaban J connectivity index is 2.16. The highest BCUT2D eigenvalue weighted by molar-refractivity contribution is 7.99. The number of carbonyl (C=O) groups is 1. The van der Waals surface area contributed by atoms with Gasteiger partial charge in [0.05, 0.1) is 0 Å². The van der Waals surface area contributed by atoms with Crippen LogP contribution in [0.1, 0.15) is 33.6 Å². The molecular formula is C13H22BF3NO2S-. The summed E-state index contributed by atoms with van der Waals surface area (Å²) in [6.45, 7) is 0.141. The van der Waals surface area contributed by atoms with E-state index < -0.39 is 29.9 Å². The molecule has 21 heavy (non-hydrogen) atoms. The molecule has 3 nitrogen and oxygen atoms in total. The van der Waals surface area contributed by atoms with Gasteiger partial charge < -0.3 is 22.6 Å². The molecule has 2 fully saturated rings. The van der Waals surface area contributed by atoms with E-state index >= 15 is 0 Å². The molecule has 2 rings (SSSR count). The van der Waals surface area contributed by atoms with E-state index in [-0.39, 0.29) is 13.1 Å². The molecule has 0 aromatic rings. The standard InChI is InChI=1S/C13H22BF3NO2S/c1-12(2,3)20-11(19)18-8-10(14(15,16)17)13(9-18)4-6-21-7-5-13/h10H,4-9H2,1-3H3/q-1.